The number of hydrogen-bond acceptors (Lipinski definition) is 10. The van der Waals surface area contributed by atoms with Crippen molar-refractivity contribution in [2.75, 3.05) is 11.5 Å². The first-order valence-electron chi connectivity index (χ1n) is 9.31. The first-order chi connectivity index (χ1) is 15.4. The molecule has 1 saturated heterocycles. The highest BCUT2D eigenvalue weighted by molar-refractivity contribution is 8.01. The van der Waals surface area contributed by atoms with Gasteiger partial charge in [-0.25, -0.2) is 14.0 Å². The third-order valence-corrected chi connectivity index (χ3v) is 9.59. The monoisotopic (exact) mass is 528 g/mol. The van der Waals surface area contributed by atoms with E-state index in [0.717, 1.165) is 16.6 Å². The molecule has 9 nitrogen and oxygen atoms in total. The molecule has 2 atom stereocenters. The van der Waals surface area contributed by atoms with Gasteiger partial charge in [0.25, 0.3) is 11.8 Å². The first-order valence-corrected chi connectivity index (χ1v) is 13.7. The Morgan fingerprint density at radius 2 is 2.22 bits per heavy atom. The molecule has 1 fully saturated rings. The van der Waals surface area contributed by atoms with Gasteiger partial charge in [-0.2, -0.15) is 4.37 Å². The number of nitrogens with zero attached hydrogens (tertiary/aromatic N) is 3. The summed E-state index contributed by atoms with van der Waals surface area (Å²) in [6.07, 6.45) is 0.726. The third kappa shape index (κ3) is 4.41. The molecular weight excluding hydrogens is 513 g/mol. The standard InChI is InChI=1S/C18H16N4O5S5/c1-2-10-19-18(31-21-10)30-7-8-6-29-16-11(15(24)22(16)12(8)17(25)26)20-14(23)13(32-27)9-4-3-5-28-9/h3-5,11,16H,2,6-7H2,1H3,(H,20,23)(H,25,26)/t11?,16-/m1/s1. The van der Waals surface area contributed by atoms with Crippen molar-refractivity contribution in [2.24, 2.45) is 0 Å². The quantitative estimate of drug-likeness (QED) is 0.226. The van der Waals surface area contributed by atoms with Gasteiger partial charge in [0.2, 0.25) is 0 Å². The topological polar surface area (TPSA) is 130 Å². The van der Waals surface area contributed by atoms with E-state index in [0.29, 0.717) is 22.0 Å². The molecule has 0 spiro atoms. The number of aliphatic carboxylic acids is 1. The van der Waals surface area contributed by atoms with Crippen molar-refractivity contribution in [1.29, 1.82) is 0 Å². The summed E-state index contributed by atoms with van der Waals surface area (Å²) in [6, 6.07) is 2.50. The van der Waals surface area contributed by atoms with Gasteiger partial charge < -0.3 is 10.4 Å². The minimum atomic E-state index is -1.18. The highest BCUT2D eigenvalue weighted by Crippen LogP contribution is 2.41. The molecule has 0 aliphatic carbocycles. The van der Waals surface area contributed by atoms with Gasteiger partial charge in [0, 0.05) is 17.9 Å². The molecule has 0 aromatic carbocycles. The van der Waals surface area contributed by atoms with E-state index in [1.165, 1.54) is 51.3 Å². The fourth-order valence-corrected chi connectivity index (χ4v) is 7.56. The van der Waals surface area contributed by atoms with Gasteiger partial charge in [0.15, 0.2) is 4.34 Å². The average molecular weight is 529 g/mol. The van der Waals surface area contributed by atoms with Crippen LogP contribution in [0, 0.1) is 0 Å². The second-order valence-electron chi connectivity index (χ2n) is 6.63. The number of aryl methyl sites for hydroxylation is 1. The Kier molecular flexibility index (Phi) is 7.14. The van der Waals surface area contributed by atoms with Crippen LogP contribution < -0.4 is 5.32 Å². The number of thioether (sulfide) groups is 2. The van der Waals surface area contributed by atoms with Crippen molar-refractivity contribution in [1.82, 2.24) is 19.6 Å². The normalized spacial score (nSPS) is 19.9. The molecule has 4 rings (SSSR count). The molecule has 1 unspecified atom stereocenters. The van der Waals surface area contributed by atoms with Gasteiger partial charge in [-0.15, -0.1) is 23.1 Å². The Morgan fingerprint density at radius 3 is 2.84 bits per heavy atom. The number of aromatic nitrogens is 2. The lowest BCUT2D eigenvalue weighted by Gasteiger charge is -2.49. The van der Waals surface area contributed by atoms with Crippen LogP contribution in [0.5, 0.6) is 0 Å². The summed E-state index contributed by atoms with van der Waals surface area (Å²) in [6.45, 7) is 1.96. The zero-order chi connectivity index (χ0) is 22.8. The largest absolute Gasteiger partial charge is 0.477 e. The molecule has 32 heavy (non-hydrogen) atoms. The van der Waals surface area contributed by atoms with E-state index >= 15 is 0 Å². The lowest BCUT2D eigenvalue weighted by atomic mass is 10.0. The number of hydrogen-bond donors (Lipinski definition) is 2. The Bertz CT molecular complexity index is 1150. The number of β-lactam (4-membered cyclic amide) rings is 1. The van der Waals surface area contributed by atoms with Gasteiger partial charge in [0.05, 0.1) is 4.88 Å². The summed E-state index contributed by atoms with van der Waals surface area (Å²) in [4.78, 5) is 43.4. The fourth-order valence-electron chi connectivity index (χ4n) is 3.19. The number of carbonyl (C=O) groups is 3. The molecule has 2 aliphatic rings. The smallest absolute Gasteiger partial charge is 0.352 e. The molecule has 0 radical (unpaired) electrons. The van der Waals surface area contributed by atoms with E-state index in [9.17, 15) is 23.7 Å². The lowest BCUT2D eigenvalue weighted by molar-refractivity contribution is -0.150. The maximum absolute atomic E-state index is 12.8. The fraction of sp³-hybridized carbons (Fsp3) is 0.333. The minimum Gasteiger partial charge on any atom is -0.477 e. The van der Waals surface area contributed by atoms with E-state index in [1.807, 2.05) is 6.92 Å². The summed E-state index contributed by atoms with van der Waals surface area (Å²) >= 11 is 5.38. The van der Waals surface area contributed by atoms with E-state index in [2.05, 4.69) is 14.7 Å². The molecule has 0 saturated carbocycles. The molecule has 2 N–H and O–H groups in total. The predicted octanol–water partition coefficient (Wildman–Crippen LogP) is 1.43. The molecule has 4 heterocycles. The number of carboxylic acids is 1. The molecule has 2 aliphatic heterocycles. The van der Waals surface area contributed by atoms with Crippen LogP contribution >= 0.6 is 46.4 Å². The minimum absolute atomic E-state index is 0.0124. The van der Waals surface area contributed by atoms with E-state index < -0.39 is 29.2 Å². The molecule has 14 heteroatoms. The predicted molar refractivity (Wildman–Crippen MR) is 126 cm³/mol. The Morgan fingerprint density at radius 1 is 1.41 bits per heavy atom. The summed E-state index contributed by atoms with van der Waals surface area (Å²) in [5.74, 6) is -0.778. The van der Waals surface area contributed by atoms with Crippen molar-refractivity contribution in [2.45, 2.75) is 29.1 Å². The number of nitrogens with one attached hydrogen (secondary N) is 1. The number of rotatable bonds is 8. The second kappa shape index (κ2) is 9.87. The third-order valence-electron chi connectivity index (χ3n) is 4.71. The molecule has 168 valence electrons. The second-order valence-corrected chi connectivity index (χ2v) is 11.2. The van der Waals surface area contributed by atoms with Gasteiger partial charge in [0.1, 0.15) is 39.1 Å². The van der Waals surface area contributed by atoms with Crippen molar-refractivity contribution in [3.05, 3.63) is 39.5 Å². The van der Waals surface area contributed by atoms with Gasteiger partial charge in [-0.05, 0) is 28.6 Å². The van der Waals surface area contributed by atoms with Crippen molar-refractivity contribution < 1.29 is 23.7 Å². The number of thiophene rings is 1. The van der Waals surface area contributed by atoms with Gasteiger partial charge >= 0.3 is 5.97 Å². The van der Waals surface area contributed by atoms with Gasteiger partial charge in [-0.1, -0.05) is 24.8 Å². The summed E-state index contributed by atoms with van der Waals surface area (Å²) in [7, 11) is 0. The van der Waals surface area contributed by atoms with E-state index in [-0.39, 0.29) is 21.8 Å². The first kappa shape index (κ1) is 23.2. The molecule has 2 aromatic rings. The molecule has 2 amide bonds. The Hall–Kier alpha value is -2.00. The Labute approximate surface area is 202 Å². The molecule has 0 bridgehead atoms. The summed E-state index contributed by atoms with van der Waals surface area (Å²) in [5, 5.41) is 13.6. The van der Waals surface area contributed by atoms with Crippen LogP contribution in [0.15, 0.2) is 33.1 Å². The maximum atomic E-state index is 12.8. The van der Waals surface area contributed by atoms with E-state index in [4.69, 9.17) is 0 Å². The maximum Gasteiger partial charge on any atom is 0.352 e. The van der Waals surface area contributed by atoms with E-state index in [1.54, 1.807) is 17.5 Å². The van der Waals surface area contributed by atoms with Crippen LogP contribution in [0.2, 0.25) is 0 Å². The van der Waals surface area contributed by atoms with Crippen LogP contribution in [0.3, 0.4) is 0 Å². The summed E-state index contributed by atoms with van der Waals surface area (Å²) in [5.41, 5.74) is 0.578. The number of amides is 2. The van der Waals surface area contributed by atoms with Crippen LogP contribution in [0.25, 0.3) is 0 Å². The number of carboxylic acid groups (broad SMARTS) is 1. The van der Waals surface area contributed by atoms with Crippen LogP contribution in [-0.2, 0) is 32.1 Å². The van der Waals surface area contributed by atoms with Crippen LogP contribution in [0.1, 0.15) is 17.6 Å². The highest BCUT2D eigenvalue weighted by atomic mass is 32.2. The van der Waals surface area contributed by atoms with Crippen LogP contribution in [-0.4, -0.2) is 69.1 Å². The lowest BCUT2D eigenvalue weighted by Crippen LogP contribution is -2.71. The Balaban J connectivity index is 1.47. The molecule has 2 aromatic heterocycles. The summed E-state index contributed by atoms with van der Waals surface area (Å²) < 4.78 is 16.4. The van der Waals surface area contributed by atoms with Crippen molar-refractivity contribution >= 4 is 80.3 Å². The SMILES string of the molecule is CCc1nsc(SCC2=C(C(=O)O)N3C(=O)C(NC(=O)C(=S=O)c4cccs4)[C@H]3SC2)n1. The average Bonchev–Trinajstić information content (AvgIpc) is 3.48. The number of fused-ring (bicyclic) bond motifs is 1. The van der Waals surface area contributed by atoms with Gasteiger partial charge in [-0.3, -0.25) is 14.5 Å². The number of carbonyl (C=O) groups excluding carboxylic acids is 2. The highest BCUT2D eigenvalue weighted by Gasteiger charge is 2.54. The molecular formula is C18H16N4O5S5. The zero-order valence-electron chi connectivity index (χ0n) is 16.5. The van der Waals surface area contributed by atoms with Crippen molar-refractivity contribution in [3.63, 3.8) is 0 Å². The van der Waals surface area contributed by atoms with Crippen molar-refractivity contribution in [3.8, 4) is 0 Å². The van der Waals surface area contributed by atoms with Crippen LogP contribution in [0.4, 0.5) is 0 Å². The zero-order valence-corrected chi connectivity index (χ0v) is 20.6.